The molecular weight excluding hydrogens is 280 g/mol. The molecule has 4 atom stereocenters. The Morgan fingerprint density at radius 2 is 2.14 bits per heavy atom. The molecule has 1 aliphatic heterocycles. The molecular formula is C17H26N2OS. The van der Waals surface area contributed by atoms with Gasteiger partial charge in [-0.2, -0.15) is 0 Å². The maximum absolute atomic E-state index is 12.9. The molecule has 1 saturated heterocycles. The molecule has 2 aliphatic rings. The predicted molar refractivity (Wildman–Crippen MR) is 87.2 cm³/mol. The van der Waals surface area contributed by atoms with E-state index in [1.807, 2.05) is 0 Å². The van der Waals surface area contributed by atoms with Crippen molar-refractivity contribution in [2.24, 2.45) is 5.92 Å². The Balaban J connectivity index is 1.89. The van der Waals surface area contributed by atoms with Crippen molar-refractivity contribution in [3.8, 4) is 0 Å². The van der Waals surface area contributed by atoms with Crippen LogP contribution in [0.4, 0.5) is 0 Å². The summed E-state index contributed by atoms with van der Waals surface area (Å²) in [5, 5.41) is 5.67. The molecule has 4 unspecified atom stereocenters. The van der Waals surface area contributed by atoms with Gasteiger partial charge in [0.2, 0.25) is 5.91 Å². The average Bonchev–Trinajstić information content (AvgIpc) is 3.06. The summed E-state index contributed by atoms with van der Waals surface area (Å²) in [4.78, 5) is 16.3. The monoisotopic (exact) mass is 306 g/mol. The van der Waals surface area contributed by atoms with Gasteiger partial charge in [-0.05, 0) is 36.6 Å². The summed E-state index contributed by atoms with van der Waals surface area (Å²) in [5.74, 6) is 0.922. The number of nitrogens with zero attached hydrogens (tertiary/aromatic N) is 1. The second-order valence-electron chi connectivity index (χ2n) is 6.47. The molecule has 4 heteroatoms. The Morgan fingerprint density at radius 1 is 1.33 bits per heavy atom. The van der Waals surface area contributed by atoms with Crippen LogP contribution in [-0.2, 0) is 4.79 Å². The third-order valence-corrected chi connectivity index (χ3v) is 6.01. The lowest BCUT2D eigenvalue weighted by molar-refractivity contribution is -0.133. The molecule has 3 nitrogen and oxygen atoms in total. The van der Waals surface area contributed by atoms with Gasteiger partial charge in [0.05, 0.1) is 6.04 Å². The fraction of sp³-hybridized carbons (Fsp3) is 0.706. The van der Waals surface area contributed by atoms with E-state index in [0.717, 1.165) is 12.8 Å². The first-order chi connectivity index (χ1) is 10.2. The van der Waals surface area contributed by atoms with E-state index in [1.54, 1.807) is 11.3 Å². The standard InChI is InChI=1S/C17H26N2OS/c1-3-13-17(20)19(14-9-6-4-5-8-12(14)2)16(18-13)15-10-7-11-21-15/h7,10-14,16,18H,3-6,8-9H2,1-2H3. The van der Waals surface area contributed by atoms with Gasteiger partial charge in [0.15, 0.2) is 0 Å². The SMILES string of the molecule is CCC1NC(c2cccs2)N(C2CCCCCC2C)C1=O. The van der Waals surface area contributed by atoms with Gasteiger partial charge in [0.25, 0.3) is 0 Å². The fourth-order valence-corrected chi connectivity index (χ4v) is 4.63. The number of hydrogen-bond donors (Lipinski definition) is 1. The highest BCUT2D eigenvalue weighted by atomic mass is 32.1. The van der Waals surface area contributed by atoms with Crippen molar-refractivity contribution in [1.82, 2.24) is 10.2 Å². The van der Waals surface area contributed by atoms with Gasteiger partial charge in [-0.3, -0.25) is 10.1 Å². The first kappa shape index (κ1) is 15.0. The third kappa shape index (κ3) is 2.88. The van der Waals surface area contributed by atoms with Crippen molar-refractivity contribution >= 4 is 17.2 Å². The molecule has 1 aliphatic carbocycles. The van der Waals surface area contributed by atoms with Gasteiger partial charge in [-0.15, -0.1) is 11.3 Å². The zero-order valence-corrected chi connectivity index (χ0v) is 13.9. The van der Waals surface area contributed by atoms with Gasteiger partial charge >= 0.3 is 0 Å². The van der Waals surface area contributed by atoms with Crippen LogP contribution in [0.2, 0.25) is 0 Å². The van der Waals surface area contributed by atoms with Crippen LogP contribution in [0.1, 0.15) is 63.4 Å². The summed E-state index contributed by atoms with van der Waals surface area (Å²) < 4.78 is 0. The number of thiophene rings is 1. The summed E-state index contributed by atoms with van der Waals surface area (Å²) in [6, 6.07) is 4.63. The lowest BCUT2D eigenvalue weighted by atomic mass is 9.94. The van der Waals surface area contributed by atoms with Crippen LogP contribution in [-0.4, -0.2) is 22.9 Å². The van der Waals surface area contributed by atoms with E-state index < -0.39 is 0 Å². The molecule has 3 rings (SSSR count). The predicted octanol–water partition coefficient (Wildman–Crippen LogP) is 3.93. The van der Waals surface area contributed by atoms with Crippen molar-refractivity contribution in [2.45, 2.75) is 70.6 Å². The summed E-state index contributed by atoms with van der Waals surface area (Å²) in [7, 11) is 0. The first-order valence-corrected chi connectivity index (χ1v) is 9.22. The first-order valence-electron chi connectivity index (χ1n) is 8.34. The molecule has 1 aromatic rings. The molecule has 21 heavy (non-hydrogen) atoms. The van der Waals surface area contributed by atoms with E-state index >= 15 is 0 Å². The fourth-order valence-electron chi connectivity index (χ4n) is 3.85. The zero-order valence-electron chi connectivity index (χ0n) is 13.0. The van der Waals surface area contributed by atoms with E-state index in [9.17, 15) is 4.79 Å². The second kappa shape index (κ2) is 6.49. The molecule has 1 N–H and O–H groups in total. The molecule has 0 aromatic carbocycles. The number of amides is 1. The molecule has 0 spiro atoms. The van der Waals surface area contributed by atoms with Crippen molar-refractivity contribution in [3.63, 3.8) is 0 Å². The van der Waals surface area contributed by atoms with E-state index in [4.69, 9.17) is 0 Å². The Hall–Kier alpha value is -0.870. The number of carbonyl (C=O) groups is 1. The van der Waals surface area contributed by atoms with Crippen LogP contribution in [0.15, 0.2) is 17.5 Å². The van der Waals surface area contributed by atoms with E-state index in [-0.39, 0.29) is 12.2 Å². The summed E-state index contributed by atoms with van der Waals surface area (Å²) >= 11 is 1.75. The van der Waals surface area contributed by atoms with E-state index in [2.05, 4.69) is 41.6 Å². The number of rotatable bonds is 3. The topological polar surface area (TPSA) is 32.3 Å². The van der Waals surface area contributed by atoms with Crippen LogP contribution in [0.3, 0.4) is 0 Å². The lowest BCUT2D eigenvalue weighted by Gasteiger charge is -2.35. The smallest absolute Gasteiger partial charge is 0.241 e. The lowest BCUT2D eigenvalue weighted by Crippen LogP contribution is -2.43. The van der Waals surface area contributed by atoms with Crippen LogP contribution >= 0.6 is 11.3 Å². The Morgan fingerprint density at radius 3 is 2.86 bits per heavy atom. The van der Waals surface area contributed by atoms with Crippen molar-refractivity contribution in [1.29, 1.82) is 0 Å². The van der Waals surface area contributed by atoms with Crippen LogP contribution in [0.5, 0.6) is 0 Å². The minimum atomic E-state index is -0.00690. The number of hydrogen-bond acceptors (Lipinski definition) is 3. The van der Waals surface area contributed by atoms with Gasteiger partial charge in [-0.25, -0.2) is 0 Å². The van der Waals surface area contributed by atoms with E-state index in [0.29, 0.717) is 17.9 Å². The largest absolute Gasteiger partial charge is 0.317 e. The Bertz CT molecular complexity index is 473. The molecule has 2 heterocycles. The Kier molecular flexibility index (Phi) is 4.65. The van der Waals surface area contributed by atoms with Gasteiger partial charge < -0.3 is 4.90 Å². The number of nitrogens with one attached hydrogen (secondary N) is 1. The minimum absolute atomic E-state index is 0.00690. The molecule has 2 fully saturated rings. The molecule has 1 aromatic heterocycles. The van der Waals surface area contributed by atoms with Gasteiger partial charge in [0.1, 0.15) is 6.17 Å². The van der Waals surface area contributed by atoms with Crippen LogP contribution in [0, 0.1) is 5.92 Å². The minimum Gasteiger partial charge on any atom is -0.317 e. The highest BCUT2D eigenvalue weighted by Gasteiger charge is 2.44. The van der Waals surface area contributed by atoms with Crippen molar-refractivity contribution < 1.29 is 4.79 Å². The molecule has 1 saturated carbocycles. The quantitative estimate of drug-likeness (QED) is 0.858. The summed E-state index contributed by atoms with van der Waals surface area (Å²) in [6.07, 6.45) is 7.26. The number of carbonyl (C=O) groups excluding carboxylic acids is 1. The maximum Gasteiger partial charge on any atom is 0.241 e. The maximum atomic E-state index is 12.9. The van der Waals surface area contributed by atoms with Crippen LogP contribution in [0.25, 0.3) is 0 Å². The molecule has 0 bridgehead atoms. The highest BCUT2D eigenvalue weighted by molar-refractivity contribution is 7.10. The van der Waals surface area contributed by atoms with Crippen molar-refractivity contribution in [3.05, 3.63) is 22.4 Å². The van der Waals surface area contributed by atoms with E-state index in [1.165, 1.54) is 30.6 Å². The summed E-state index contributed by atoms with van der Waals surface area (Å²) in [5.41, 5.74) is 0. The Labute approximate surface area is 131 Å². The molecule has 0 radical (unpaired) electrons. The zero-order chi connectivity index (χ0) is 14.8. The second-order valence-corrected chi connectivity index (χ2v) is 7.45. The highest BCUT2D eigenvalue weighted by Crippen LogP contribution is 2.37. The third-order valence-electron chi connectivity index (χ3n) is 5.08. The van der Waals surface area contributed by atoms with Crippen molar-refractivity contribution in [2.75, 3.05) is 0 Å². The van der Waals surface area contributed by atoms with Crippen LogP contribution < -0.4 is 5.32 Å². The van der Waals surface area contributed by atoms with Gasteiger partial charge in [0, 0.05) is 10.9 Å². The normalized spacial score (nSPS) is 34.2. The molecule has 116 valence electrons. The molecule has 1 amide bonds. The van der Waals surface area contributed by atoms with Gasteiger partial charge in [-0.1, -0.05) is 39.2 Å². The average molecular weight is 306 g/mol. The summed E-state index contributed by atoms with van der Waals surface area (Å²) in [6.45, 7) is 4.43.